The van der Waals surface area contributed by atoms with Gasteiger partial charge in [0.25, 0.3) is 10.0 Å². The molecule has 0 bridgehead atoms. The highest BCUT2D eigenvalue weighted by Crippen LogP contribution is 2.34. The molecule has 0 saturated carbocycles. The van der Waals surface area contributed by atoms with Crippen LogP contribution in [0.25, 0.3) is 0 Å². The molecule has 0 aliphatic carbocycles. The van der Waals surface area contributed by atoms with Crippen LogP contribution in [0.3, 0.4) is 0 Å². The van der Waals surface area contributed by atoms with Crippen LogP contribution >= 0.6 is 0 Å². The quantitative estimate of drug-likeness (QED) is 0.608. The maximum atomic E-state index is 13.6. The van der Waals surface area contributed by atoms with E-state index in [4.69, 9.17) is 14.2 Å². The van der Waals surface area contributed by atoms with Crippen molar-refractivity contribution in [3.63, 3.8) is 0 Å². The average molecular weight is 422 g/mol. The zero-order chi connectivity index (χ0) is 21.8. The van der Waals surface area contributed by atoms with E-state index in [2.05, 4.69) is 0 Å². The van der Waals surface area contributed by atoms with E-state index >= 15 is 0 Å². The fraction of sp³-hybridized carbons (Fsp3) is 0.381. The summed E-state index contributed by atoms with van der Waals surface area (Å²) in [5.41, 5.74) is 2.95. The molecule has 2 rings (SSSR count). The van der Waals surface area contributed by atoms with Crippen LogP contribution < -0.4 is 13.8 Å². The van der Waals surface area contributed by atoms with Gasteiger partial charge in [-0.2, -0.15) is 0 Å². The Morgan fingerprint density at radius 1 is 0.966 bits per heavy atom. The fourth-order valence-corrected chi connectivity index (χ4v) is 4.83. The summed E-state index contributed by atoms with van der Waals surface area (Å²) in [5.74, 6) is 0.0593. The van der Waals surface area contributed by atoms with Crippen LogP contribution in [0.1, 0.15) is 23.6 Å². The Kier molecular flexibility index (Phi) is 7.13. The standard InChI is InChI=1S/C21H27NO6S/c1-7-28-20(23)13-22(21-15(3)10-14(2)11-16(21)4)29(24,25)17-8-9-18(26-5)19(12-17)27-6/h8-12H,7,13H2,1-6H3. The highest BCUT2D eigenvalue weighted by molar-refractivity contribution is 7.92. The Hall–Kier alpha value is -2.74. The van der Waals surface area contributed by atoms with E-state index < -0.39 is 22.5 Å². The van der Waals surface area contributed by atoms with Crippen molar-refractivity contribution in [3.8, 4) is 11.5 Å². The Morgan fingerprint density at radius 2 is 1.55 bits per heavy atom. The first-order valence-electron chi connectivity index (χ1n) is 9.13. The number of anilines is 1. The van der Waals surface area contributed by atoms with Gasteiger partial charge in [-0.1, -0.05) is 17.7 Å². The fourth-order valence-electron chi connectivity index (χ4n) is 3.28. The number of hydrogen-bond acceptors (Lipinski definition) is 6. The molecular formula is C21H27NO6S. The number of carbonyl (C=O) groups is 1. The van der Waals surface area contributed by atoms with Crippen LogP contribution in [0.15, 0.2) is 35.2 Å². The van der Waals surface area contributed by atoms with Crippen LogP contribution in [0.4, 0.5) is 5.69 Å². The first-order valence-corrected chi connectivity index (χ1v) is 10.6. The Balaban J connectivity index is 2.66. The van der Waals surface area contributed by atoms with Gasteiger partial charge in [-0.3, -0.25) is 9.10 Å². The summed E-state index contributed by atoms with van der Waals surface area (Å²) >= 11 is 0. The molecule has 158 valence electrons. The highest BCUT2D eigenvalue weighted by atomic mass is 32.2. The van der Waals surface area contributed by atoms with Crippen molar-refractivity contribution in [1.82, 2.24) is 0 Å². The Morgan fingerprint density at radius 3 is 2.07 bits per heavy atom. The predicted octanol–water partition coefficient (Wildman–Crippen LogP) is 3.39. The molecule has 0 aromatic heterocycles. The van der Waals surface area contributed by atoms with Crippen molar-refractivity contribution in [2.75, 3.05) is 31.7 Å². The zero-order valence-corrected chi connectivity index (χ0v) is 18.4. The van der Waals surface area contributed by atoms with E-state index in [1.807, 2.05) is 32.9 Å². The van der Waals surface area contributed by atoms with Crippen LogP contribution in [0.2, 0.25) is 0 Å². The van der Waals surface area contributed by atoms with Gasteiger partial charge >= 0.3 is 5.97 Å². The zero-order valence-electron chi connectivity index (χ0n) is 17.6. The number of carbonyl (C=O) groups excluding carboxylic acids is 1. The van der Waals surface area contributed by atoms with Gasteiger partial charge in [-0.15, -0.1) is 0 Å². The van der Waals surface area contributed by atoms with Gasteiger partial charge in [0, 0.05) is 6.07 Å². The van der Waals surface area contributed by atoms with Crippen molar-refractivity contribution in [2.45, 2.75) is 32.6 Å². The molecule has 0 aliphatic rings. The lowest BCUT2D eigenvalue weighted by Crippen LogP contribution is -2.37. The number of nitrogens with zero attached hydrogens (tertiary/aromatic N) is 1. The topological polar surface area (TPSA) is 82.1 Å². The number of ether oxygens (including phenoxy) is 3. The number of sulfonamides is 1. The van der Waals surface area contributed by atoms with E-state index in [9.17, 15) is 13.2 Å². The van der Waals surface area contributed by atoms with Crippen LogP contribution in [0, 0.1) is 20.8 Å². The minimum atomic E-state index is -4.09. The summed E-state index contributed by atoms with van der Waals surface area (Å²) in [6.07, 6.45) is 0. The molecule has 8 heteroatoms. The normalized spacial score (nSPS) is 11.1. The first-order chi connectivity index (χ1) is 13.6. The molecule has 2 aromatic rings. The number of aryl methyl sites for hydroxylation is 3. The first kappa shape index (κ1) is 22.5. The second-order valence-electron chi connectivity index (χ2n) is 6.58. The molecule has 0 heterocycles. The summed E-state index contributed by atoms with van der Waals surface area (Å²) in [7, 11) is -1.19. The van der Waals surface area contributed by atoms with Gasteiger partial charge in [0.15, 0.2) is 11.5 Å². The van der Waals surface area contributed by atoms with Gasteiger partial charge in [-0.05, 0) is 51.0 Å². The van der Waals surface area contributed by atoms with Gasteiger partial charge < -0.3 is 14.2 Å². The third-order valence-corrected chi connectivity index (χ3v) is 6.15. The smallest absolute Gasteiger partial charge is 0.326 e. The van der Waals surface area contributed by atoms with E-state index in [0.29, 0.717) is 11.4 Å². The largest absolute Gasteiger partial charge is 0.493 e. The number of benzene rings is 2. The van der Waals surface area contributed by atoms with E-state index in [0.717, 1.165) is 21.0 Å². The van der Waals surface area contributed by atoms with E-state index in [-0.39, 0.29) is 17.3 Å². The van der Waals surface area contributed by atoms with E-state index in [1.54, 1.807) is 6.92 Å². The van der Waals surface area contributed by atoms with Gasteiger partial charge in [0.1, 0.15) is 6.54 Å². The maximum absolute atomic E-state index is 13.6. The lowest BCUT2D eigenvalue weighted by Gasteiger charge is -2.27. The molecule has 0 radical (unpaired) electrons. The lowest BCUT2D eigenvalue weighted by atomic mass is 10.1. The Labute approximate surface area is 172 Å². The van der Waals surface area contributed by atoms with Crippen molar-refractivity contribution >= 4 is 21.7 Å². The van der Waals surface area contributed by atoms with Crippen LogP contribution in [-0.2, 0) is 19.6 Å². The second kappa shape index (κ2) is 9.17. The van der Waals surface area contributed by atoms with Crippen molar-refractivity contribution in [2.24, 2.45) is 0 Å². The summed E-state index contributed by atoms with van der Waals surface area (Å²) in [4.78, 5) is 12.2. The molecule has 0 fully saturated rings. The number of rotatable bonds is 8. The predicted molar refractivity (Wildman–Crippen MR) is 111 cm³/mol. The molecular weight excluding hydrogens is 394 g/mol. The van der Waals surface area contributed by atoms with Gasteiger partial charge in [0.05, 0.1) is 31.4 Å². The minimum absolute atomic E-state index is 0.0150. The monoisotopic (exact) mass is 421 g/mol. The molecule has 7 nitrogen and oxygen atoms in total. The molecule has 0 N–H and O–H groups in total. The number of esters is 1. The molecule has 0 spiro atoms. The molecule has 0 amide bonds. The molecule has 0 saturated heterocycles. The summed E-state index contributed by atoms with van der Waals surface area (Å²) in [6.45, 7) is 6.97. The molecule has 0 atom stereocenters. The number of methoxy groups -OCH3 is 2. The second-order valence-corrected chi connectivity index (χ2v) is 8.44. The summed E-state index contributed by atoms with van der Waals surface area (Å²) < 4.78 is 43.6. The van der Waals surface area contributed by atoms with Crippen LogP contribution in [-0.4, -0.2) is 41.8 Å². The molecule has 0 unspecified atom stereocenters. The third kappa shape index (κ3) is 4.82. The maximum Gasteiger partial charge on any atom is 0.326 e. The summed E-state index contributed by atoms with van der Waals surface area (Å²) in [6, 6.07) is 8.08. The highest BCUT2D eigenvalue weighted by Gasteiger charge is 2.31. The van der Waals surface area contributed by atoms with Crippen molar-refractivity contribution in [3.05, 3.63) is 47.0 Å². The lowest BCUT2D eigenvalue weighted by molar-refractivity contribution is -0.141. The number of hydrogen-bond donors (Lipinski definition) is 0. The molecule has 29 heavy (non-hydrogen) atoms. The molecule has 2 aromatic carbocycles. The molecule has 0 aliphatic heterocycles. The Bertz CT molecular complexity index is 977. The van der Waals surface area contributed by atoms with Crippen LogP contribution in [0.5, 0.6) is 11.5 Å². The summed E-state index contributed by atoms with van der Waals surface area (Å²) in [5, 5.41) is 0. The SMILES string of the molecule is CCOC(=O)CN(c1c(C)cc(C)cc1C)S(=O)(=O)c1ccc(OC)c(OC)c1. The van der Waals surface area contributed by atoms with Crippen molar-refractivity contribution < 1.29 is 27.4 Å². The van der Waals surface area contributed by atoms with Gasteiger partial charge in [0.2, 0.25) is 0 Å². The van der Waals surface area contributed by atoms with Gasteiger partial charge in [-0.25, -0.2) is 8.42 Å². The average Bonchev–Trinajstić information content (AvgIpc) is 2.66. The van der Waals surface area contributed by atoms with Crippen molar-refractivity contribution in [1.29, 1.82) is 0 Å². The minimum Gasteiger partial charge on any atom is -0.493 e. The third-order valence-electron chi connectivity index (χ3n) is 4.41. The van der Waals surface area contributed by atoms with E-state index in [1.165, 1.54) is 32.4 Å².